The first kappa shape index (κ1) is 17.2. The number of hydrogen-bond donors (Lipinski definition) is 2. The van der Waals surface area contributed by atoms with Crippen molar-refractivity contribution in [2.24, 2.45) is 0 Å². The van der Waals surface area contributed by atoms with E-state index in [1.165, 1.54) is 23.1 Å². The van der Waals surface area contributed by atoms with Gasteiger partial charge in [-0.15, -0.1) is 10.2 Å². The normalized spacial score (nSPS) is 12.0. The Kier molecular flexibility index (Phi) is 6.66. The minimum atomic E-state index is -0.244. The summed E-state index contributed by atoms with van der Waals surface area (Å²) in [6.45, 7) is 4.83. The highest BCUT2D eigenvalue weighted by Gasteiger charge is 2.17. The Labute approximate surface area is 146 Å². The summed E-state index contributed by atoms with van der Waals surface area (Å²) in [6.07, 6.45) is 1.04. The van der Waals surface area contributed by atoms with Crippen molar-refractivity contribution in [2.75, 3.05) is 17.2 Å². The molecule has 2 aromatic rings. The van der Waals surface area contributed by atoms with Crippen LogP contribution in [0.3, 0.4) is 0 Å². The number of aromatic nitrogens is 2. The van der Waals surface area contributed by atoms with Crippen LogP contribution in [0.2, 0.25) is 0 Å². The molecule has 0 saturated heterocycles. The van der Waals surface area contributed by atoms with Gasteiger partial charge < -0.3 is 10.6 Å². The Morgan fingerprint density at radius 3 is 3.00 bits per heavy atom. The molecule has 0 aliphatic carbocycles. The van der Waals surface area contributed by atoms with Gasteiger partial charge in [0.05, 0.1) is 5.25 Å². The molecular weight excluding hydrogens is 384 g/mol. The zero-order chi connectivity index (χ0) is 15.9. The lowest BCUT2D eigenvalue weighted by Crippen LogP contribution is -2.22. The SMILES string of the molecule is CCCNc1nnc(SC(C)C(=O)Nc2cccc(Br)c2)s1. The maximum absolute atomic E-state index is 12.2. The first-order chi connectivity index (χ1) is 10.6. The zero-order valence-electron chi connectivity index (χ0n) is 12.3. The Balaban J connectivity index is 1.89. The molecule has 2 N–H and O–H groups in total. The second kappa shape index (κ2) is 8.50. The van der Waals surface area contributed by atoms with Crippen LogP contribution in [0.4, 0.5) is 10.8 Å². The topological polar surface area (TPSA) is 66.9 Å². The maximum atomic E-state index is 12.2. The zero-order valence-corrected chi connectivity index (χ0v) is 15.5. The molecule has 1 unspecified atom stereocenters. The molecule has 1 amide bonds. The van der Waals surface area contributed by atoms with E-state index in [0.717, 1.165) is 32.6 Å². The van der Waals surface area contributed by atoms with Crippen LogP contribution in [0.1, 0.15) is 20.3 Å². The van der Waals surface area contributed by atoms with E-state index in [4.69, 9.17) is 0 Å². The van der Waals surface area contributed by atoms with E-state index in [1.54, 1.807) is 0 Å². The minimum absolute atomic E-state index is 0.0543. The molecule has 0 aliphatic heterocycles. The van der Waals surface area contributed by atoms with Gasteiger partial charge in [-0.05, 0) is 31.5 Å². The Morgan fingerprint density at radius 1 is 1.45 bits per heavy atom. The molecule has 0 radical (unpaired) electrons. The number of nitrogens with zero attached hydrogens (tertiary/aromatic N) is 2. The van der Waals surface area contributed by atoms with Crippen LogP contribution in [0.15, 0.2) is 33.1 Å². The lowest BCUT2D eigenvalue weighted by atomic mass is 10.3. The summed E-state index contributed by atoms with van der Waals surface area (Å²) in [6, 6.07) is 7.53. The molecular formula is C14H17BrN4OS2. The molecule has 2 rings (SSSR count). The van der Waals surface area contributed by atoms with E-state index in [1.807, 2.05) is 31.2 Å². The number of anilines is 2. The molecule has 5 nitrogen and oxygen atoms in total. The number of carbonyl (C=O) groups excluding carboxylic acids is 1. The van der Waals surface area contributed by atoms with Gasteiger partial charge in [0.1, 0.15) is 0 Å². The summed E-state index contributed by atoms with van der Waals surface area (Å²) < 4.78 is 1.72. The average Bonchev–Trinajstić information content (AvgIpc) is 2.92. The van der Waals surface area contributed by atoms with Crippen molar-refractivity contribution in [1.82, 2.24) is 10.2 Å². The minimum Gasteiger partial charge on any atom is -0.360 e. The summed E-state index contributed by atoms with van der Waals surface area (Å²) in [5.41, 5.74) is 0.773. The molecule has 1 aromatic carbocycles. The maximum Gasteiger partial charge on any atom is 0.237 e. The highest BCUT2D eigenvalue weighted by Crippen LogP contribution is 2.29. The predicted octanol–water partition coefficient (Wildman–Crippen LogP) is 4.24. The van der Waals surface area contributed by atoms with Crippen LogP contribution in [0.25, 0.3) is 0 Å². The second-order valence-electron chi connectivity index (χ2n) is 4.56. The van der Waals surface area contributed by atoms with Gasteiger partial charge in [-0.25, -0.2) is 0 Å². The number of carbonyl (C=O) groups is 1. The molecule has 0 fully saturated rings. The molecule has 1 aromatic heterocycles. The number of nitrogens with one attached hydrogen (secondary N) is 2. The summed E-state index contributed by atoms with van der Waals surface area (Å²) in [4.78, 5) is 12.2. The molecule has 0 bridgehead atoms. The van der Waals surface area contributed by atoms with Crippen molar-refractivity contribution in [3.05, 3.63) is 28.7 Å². The van der Waals surface area contributed by atoms with E-state index in [-0.39, 0.29) is 11.2 Å². The van der Waals surface area contributed by atoms with Crippen molar-refractivity contribution < 1.29 is 4.79 Å². The van der Waals surface area contributed by atoms with Gasteiger partial charge in [-0.3, -0.25) is 4.79 Å². The van der Waals surface area contributed by atoms with Gasteiger partial charge in [0.2, 0.25) is 11.0 Å². The monoisotopic (exact) mass is 400 g/mol. The highest BCUT2D eigenvalue weighted by molar-refractivity contribution is 9.10. The van der Waals surface area contributed by atoms with Gasteiger partial charge in [-0.1, -0.05) is 52.0 Å². The fraction of sp³-hybridized carbons (Fsp3) is 0.357. The van der Waals surface area contributed by atoms with Gasteiger partial charge in [0.25, 0.3) is 0 Å². The van der Waals surface area contributed by atoms with Crippen LogP contribution in [0.5, 0.6) is 0 Å². The average molecular weight is 401 g/mol. The fourth-order valence-corrected chi connectivity index (χ4v) is 3.90. The van der Waals surface area contributed by atoms with Crippen LogP contribution < -0.4 is 10.6 Å². The highest BCUT2D eigenvalue weighted by atomic mass is 79.9. The van der Waals surface area contributed by atoms with Crippen molar-refractivity contribution in [2.45, 2.75) is 29.9 Å². The quantitative estimate of drug-likeness (QED) is 0.680. The molecule has 118 valence electrons. The molecule has 0 saturated carbocycles. The van der Waals surface area contributed by atoms with Crippen molar-refractivity contribution in [3.8, 4) is 0 Å². The van der Waals surface area contributed by atoms with Gasteiger partial charge in [0, 0.05) is 16.7 Å². The number of amides is 1. The summed E-state index contributed by atoms with van der Waals surface area (Å²) >= 11 is 6.27. The van der Waals surface area contributed by atoms with Gasteiger partial charge in [0.15, 0.2) is 4.34 Å². The number of hydrogen-bond acceptors (Lipinski definition) is 6. The number of thioether (sulfide) groups is 1. The number of halogens is 1. The Morgan fingerprint density at radius 2 is 2.27 bits per heavy atom. The van der Waals surface area contributed by atoms with E-state index in [9.17, 15) is 4.79 Å². The summed E-state index contributed by atoms with van der Waals surface area (Å²) in [5.74, 6) is -0.0543. The third kappa shape index (κ3) is 5.26. The number of rotatable bonds is 7. The van der Waals surface area contributed by atoms with Crippen molar-refractivity contribution in [3.63, 3.8) is 0 Å². The number of benzene rings is 1. The Bertz CT molecular complexity index is 635. The molecule has 1 atom stereocenters. The van der Waals surface area contributed by atoms with Crippen LogP contribution in [-0.2, 0) is 4.79 Å². The fourth-order valence-electron chi connectivity index (χ4n) is 1.58. The summed E-state index contributed by atoms with van der Waals surface area (Å²) in [7, 11) is 0. The summed E-state index contributed by atoms with van der Waals surface area (Å²) in [5, 5.41) is 14.8. The molecule has 8 heteroatoms. The Hall–Kier alpha value is -1.12. The molecule has 22 heavy (non-hydrogen) atoms. The first-order valence-corrected chi connectivity index (χ1v) is 9.38. The predicted molar refractivity (Wildman–Crippen MR) is 96.8 cm³/mol. The van der Waals surface area contributed by atoms with E-state index in [0.29, 0.717) is 0 Å². The smallest absolute Gasteiger partial charge is 0.237 e. The lowest BCUT2D eigenvalue weighted by Gasteiger charge is -2.10. The third-order valence-electron chi connectivity index (χ3n) is 2.67. The van der Waals surface area contributed by atoms with Gasteiger partial charge in [-0.2, -0.15) is 0 Å². The molecule has 0 spiro atoms. The van der Waals surface area contributed by atoms with Crippen LogP contribution >= 0.6 is 39.0 Å². The van der Waals surface area contributed by atoms with Crippen LogP contribution in [0, 0.1) is 0 Å². The largest absolute Gasteiger partial charge is 0.360 e. The second-order valence-corrected chi connectivity index (χ2v) is 8.04. The standard InChI is InChI=1S/C14H17BrN4OS2/c1-3-7-16-13-18-19-14(22-13)21-9(2)12(20)17-11-6-4-5-10(15)8-11/h4-6,8-9H,3,7H2,1-2H3,(H,16,18)(H,17,20). The lowest BCUT2D eigenvalue weighted by molar-refractivity contribution is -0.115. The molecule has 1 heterocycles. The van der Waals surface area contributed by atoms with E-state index >= 15 is 0 Å². The van der Waals surface area contributed by atoms with Crippen molar-refractivity contribution in [1.29, 1.82) is 0 Å². The molecule has 0 aliphatic rings. The first-order valence-electron chi connectivity index (χ1n) is 6.89. The third-order valence-corrected chi connectivity index (χ3v) is 5.23. The van der Waals surface area contributed by atoms with Crippen LogP contribution in [-0.4, -0.2) is 27.9 Å². The van der Waals surface area contributed by atoms with E-state index < -0.39 is 0 Å². The van der Waals surface area contributed by atoms with Crippen molar-refractivity contribution >= 4 is 55.8 Å². The van der Waals surface area contributed by atoms with E-state index in [2.05, 4.69) is 43.7 Å². The van der Waals surface area contributed by atoms with Gasteiger partial charge >= 0.3 is 0 Å².